The highest BCUT2D eigenvalue weighted by Crippen LogP contribution is 2.59. The van der Waals surface area contributed by atoms with Crippen LogP contribution in [0.5, 0.6) is 0 Å². The quantitative estimate of drug-likeness (QED) is 0.483. The van der Waals surface area contributed by atoms with Gasteiger partial charge in [0.25, 0.3) is 0 Å². The summed E-state index contributed by atoms with van der Waals surface area (Å²) in [7, 11) is 0. The van der Waals surface area contributed by atoms with E-state index in [0.717, 1.165) is 0 Å². The molecule has 4 nitrogen and oxygen atoms in total. The van der Waals surface area contributed by atoms with Gasteiger partial charge < -0.3 is 15.3 Å². The molecule has 0 aromatic rings. The van der Waals surface area contributed by atoms with E-state index in [-0.39, 0.29) is 0 Å². The van der Waals surface area contributed by atoms with Crippen molar-refractivity contribution in [1.29, 1.82) is 0 Å². The predicted octanol–water partition coefficient (Wildman–Crippen LogP) is -0.346. The maximum absolute atomic E-state index is 10.5. The van der Waals surface area contributed by atoms with E-state index in [1.165, 1.54) is 0 Å². The van der Waals surface area contributed by atoms with Crippen LogP contribution in [-0.2, 0) is 4.79 Å². The zero-order valence-corrected chi connectivity index (χ0v) is 6.48. The maximum Gasteiger partial charge on any atom is 0.307 e. The summed E-state index contributed by atoms with van der Waals surface area (Å²) in [5.74, 6) is -2.07. The standard InChI is InChI=1S/C7H12O4/c1-7(2)3(5(8)9)4(7)6(10)11/h3-5,8-9H,1-2H3,(H,10,11)/t3-,4+/m0/s1. The molecule has 0 heterocycles. The van der Waals surface area contributed by atoms with Crippen molar-refractivity contribution in [2.75, 3.05) is 0 Å². The molecule has 3 N–H and O–H groups in total. The topological polar surface area (TPSA) is 77.8 Å². The van der Waals surface area contributed by atoms with Crippen molar-refractivity contribution >= 4 is 5.97 Å². The van der Waals surface area contributed by atoms with Gasteiger partial charge >= 0.3 is 5.97 Å². The smallest absolute Gasteiger partial charge is 0.307 e. The minimum atomic E-state index is -1.51. The summed E-state index contributed by atoms with van der Waals surface area (Å²) < 4.78 is 0. The average Bonchev–Trinajstić information content (AvgIpc) is 2.33. The number of aliphatic hydroxyl groups is 2. The van der Waals surface area contributed by atoms with E-state index in [2.05, 4.69) is 0 Å². The second-order valence-corrected chi connectivity index (χ2v) is 3.58. The molecule has 0 aromatic heterocycles. The Labute approximate surface area is 64.5 Å². The molecule has 1 aliphatic carbocycles. The van der Waals surface area contributed by atoms with E-state index >= 15 is 0 Å². The Morgan fingerprint density at radius 3 is 2.00 bits per heavy atom. The van der Waals surface area contributed by atoms with Gasteiger partial charge in [-0.15, -0.1) is 0 Å². The van der Waals surface area contributed by atoms with Crippen molar-refractivity contribution < 1.29 is 20.1 Å². The summed E-state index contributed by atoms with van der Waals surface area (Å²) in [4.78, 5) is 10.5. The molecular formula is C7H12O4. The lowest BCUT2D eigenvalue weighted by molar-refractivity contribution is -0.141. The van der Waals surface area contributed by atoms with Crippen LogP contribution in [0.1, 0.15) is 13.8 Å². The molecule has 1 fully saturated rings. The van der Waals surface area contributed by atoms with Crippen molar-refractivity contribution in [3.8, 4) is 0 Å². The normalized spacial score (nSPS) is 33.9. The number of aliphatic hydroxyl groups excluding tert-OH is 1. The molecule has 0 bridgehead atoms. The monoisotopic (exact) mass is 160 g/mol. The minimum absolute atomic E-state index is 0.472. The third-order valence-electron chi connectivity index (χ3n) is 2.50. The largest absolute Gasteiger partial charge is 0.481 e. The summed E-state index contributed by atoms with van der Waals surface area (Å²) in [6.45, 7) is 3.44. The van der Waals surface area contributed by atoms with Crippen molar-refractivity contribution in [3.05, 3.63) is 0 Å². The Morgan fingerprint density at radius 2 is 1.91 bits per heavy atom. The Morgan fingerprint density at radius 1 is 1.45 bits per heavy atom. The fourth-order valence-corrected chi connectivity index (χ4v) is 1.71. The molecule has 0 aliphatic heterocycles. The van der Waals surface area contributed by atoms with E-state index < -0.39 is 29.5 Å². The molecule has 0 unspecified atom stereocenters. The third-order valence-corrected chi connectivity index (χ3v) is 2.50. The van der Waals surface area contributed by atoms with Gasteiger partial charge in [0.2, 0.25) is 0 Å². The Balaban J connectivity index is 2.68. The number of rotatable bonds is 2. The lowest BCUT2D eigenvalue weighted by Gasteiger charge is -2.02. The molecule has 0 amide bonds. The van der Waals surface area contributed by atoms with Gasteiger partial charge in [0.15, 0.2) is 6.29 Å². The number of aliphatic carboxylic acids is 1. The van der Waals surface area contributed by atoms with Crippen LogP contribution in [0.2, 0.25) is 0 Å². The number of carboxylic acid groups (broad SMARTS) is 1. The SMILES string of the molecule is CC1(C)[C@H](C(O)O)[C@@H]1C(=O)O. The number of carboxylic acids is 1. The fourth-order valence-electron chi connectivity index (χ4n) is 1.71. The maximum atomic E-state index is 10.5. The molecule has 2 atom stereocenters. The van der Waals surface area contributed by atoms with Gasteiger partial charge in [-0.05, 0) is 5.41 Å². The molecule has 1 saturated carbocycles. The van der Waals surface area contributed by atoms with E-state index in [1.54, 1.807) is 13.8 Å². The van der Waals surface area contributed by atoms with Gasteiger partial charge in [-0.3, -0.25) is 4.79 Å². The second kappa shape index (κ2) is 2.19. The Bertz CT molecular complexity index is 185. The van der Waals surface area contributed by atoms with Gasteiger partial charge in [-0.25, -0.2) is 0 Å². The van der Waals surface area contributed by atoms with Crippen LogP contribution >= 0.6 is 0 Å². The highest BCUT2D eigenvalue weighted by Gasteiger charge is 2.65. The van der Waals surface area contributed by atoms with Crippen molar-refractivity contribution in [1.82, 2.24) is 0 Å². The fraction of sp³-hybridized carbons (Fsp3) is 0.857. The first kappa shape index (κ1) is 8.49. The molecule has 0 radical (unpaired) electrons. The van der Waals surface area contributed by atoms with Gasteiger partial charge in [-0.1, -0.05) is 13.8 Å². The molecule has 0 saturated heterocycles. The zero-order valence-electron chi connectivity index (χ0n) is 6.48. The third kappa shape index (κ3) is 1.12. The van der Waals surface area contributed by atoms with Crippen molar-refractivity contribution in [2.45, 2.75) is 20.1 Å². The molecule has 0 spiro atoms. The first-order valence-corrected chi connectivity index (χ1v) is 3.48. The van der Waals surface area contributed by atoms with E-state index in [0.29, 0.717) is 0 Å². The van der Waals surface area contributed by atoms with Gasteiger partial charge in [0.05, 0.1) is 5.92 Å². The number of hydrogen-bond acceptors (Lipinski definition) is 3. The summed E-state index contributed by atoms with van der Waals surface area (Å²) in [6.07, 6.45) is -1.51. The van der Waals surface area contributed by atoms with Crippen LogP contribution in [0.3, 0.4) is 0 Å². The van der Waals surface area contributed by atoms with E-state index in [1.807, 2.05) is 0 Å². The summed E-state index contributed by atoms with van der Waals surface area (Å²) in [5, 5.41) is 26.1. The molecular weight excluding hydrogens is 148 g/mol. The predicted molar refractivity (Wildman–Crippen MR) is 36.6 cm³/mol. The highest BCUT2D eigenvalue weighted by atomic mass is 16.5. The molecule has 0 aromatic carbocycles. The summed E-state index contributed by atoms with van der Waals surface area (Å²) >= 11 is 0. The molecule has 4 heteroatoms. The van der Waals surface area contributed by atoms with E-state index in [9.17, 15) is 4.79 Å². The average molecular weight is 160 g/mol. The zero-order chi connectivity index (χ0) is 8.81. The molecule has 11 heavy (non-hydrogen) atoms. The number of carbonyl (C=O) groups is 1. The van der Waals surface area contributed by atoms with Crippen LogP contribution < -0.4 is 0 Å². The van der Waals surface area contributed by atoms with Crippen LogP contribution in [0.4, 0.5) is 0 Å². The van der Waals surface area contributed by atoms with Crippen molar-refractivity contribution in [2.24, 2.45) is 17.3 Å². The lowest BCUT2D eigenvalue weighted by Crippen LogP contribution is -2.12. The first-order valence-electron chi connectivity index (χ1n) is 3.48. The van der Waals surface area contributed by atoms with Gasteiger partial charge in [0.1, 0.15) is 0 Å². The molecule has 64 valence electrons. The van der Waals surface area contributed by atoms with Crippen molar-refractivity contribution in [3.63, 3.8) is 0 Å². The van der Waals surface area contributed by atoms with Gasteiger partial charge in [-0.2, -0.15) is 0 Å². The molecule has 1 rings (SSSR count). The second-order valence-electron chi connectivity index (χ2n) is 3.58. The van der Waals surface area contributed by atoms with Crippen LogP contribution in [0.25, 0.3) is 0 Å². The minimum Gasteiger partial charge on any atom is -0.481 e. The summed E-state index contributed by atoms with van der Waals surface area (Å²) in [6, 6.07) is 0. The highest BCUT2D eigenvalue weighted by molar-refractivity contribution is 5.75. The van der Waals surface area contributed by atoms with Crippen LogP contribution in [-0.4, -0.2) is 27.6 Å². The Hall–Kier alpha value is -0.610. The molecule has 1 aliphatic rings. The summed E-state index contributed by atoms with van der Waals surface area (Å²) in [5.41, 5.74) is -0.472. The Kier molecular flexibility index (Phi) is 1.69. The van der Waals surface area contributed by atoms with Crippen LogP contribution in [0, 0.1) is 17.3 Å². The van der Waals surface area contributed by atoms with Crippen LogP contribution in [0.15, 0.2) is 0 Å². The lowest BCUT2D eigenvalue weighted by atomic mass is 10.1. The number of hydrogen-bond donors (Lipinski definition) is 3. The first-order chi connectivity index (χ1) is 4.89. The van der Waals surface area contributed by atoms with E-state index in [4.69, 9.17) is 15.3 Å². The van der Waals surface area contributed by atoms with Gasteiger partial charge in [0, 0.05) is 5.92 Å².